The van der Waals surface area contributed by atoms with Gasteiger partial charge in [-0.3, -0.25) is 0 Å². The molecule has 1 aliphatic carbocycles. The Morgan fingerprint density at radius 2 is 0.786 bits per heavy atom. The Kier molecular flexibility index (Phi) is 11.9. The van der Waals surface area contributed by atoms with Gasteiger partial charge in [0, 0.05) is 0 Å². The van der Waals surface area contributed by atoms with E-state index in [9.17, 15) is 0 Å². The third-order valence-electron chi connectivity index (χ3n) is 5.48. The first-order valence-corrected chi connectivity index (χ1v) is 18.3. The molecule has 1 aliphatic rings. The zero-order valence-corrected chi connectivity index (χ0v) is 23.6. The molecule has 0 aromatic carbocycles. The molecule has 1 saturated carbocycles. The summed E-state index contributed by atoms with van der Waals surface area (Å²) < 4.78 is 13.9. The molecule has 0 saturated heterocycles. The number of rotatable bonds is 10. The molecule has 1 rings (SSSR count). The summed E-state index contributed by atoms with van der Waals surface area (Å²) in [6, 6.07) is 0. The van der Waals surface area contributed by atoms with Gasteiger partial charge >= 0.3 is 18.9 Å². The van der Waals surface area contributed by atoms with Crippen molar-refractivity contribution in [2.45, 2.75) is 112 Å². The number of hydrogen-bond donors (Lipinski definition) is 0. The fourth-order valence-corrected chi connectivity index (χ4v) is 7.27. The van der Waals surface area contributed by atoms with Crippen LogP contribution in [0.4, 0.5) is 0 Å². The summed E-state index contributed by atoms with van der Waals surface area (Å²) >= 11 is 0. The van der Waals surface area contributed by atoms with E-state index < -0.39 is 16.6 Å². The second-order valence-corrected chi connectivity index (χ2v) is 21.2. The first-order chi connectivity index (χ1) is 12.1. The van der Waals surface area contributed by atoms with E-state index in [1.54, 1.807) is 0 Å². The Hall–Kier alpha value is 0.951. The maximum Gasteiger partial charge on any atom is 1.00 e. The van der Waals surface area contributed by atoms with Gasteiger partial charge in [-0.2, -0.15) is 0 Å². The van der Waals surface area contributed by atoms with Gasteiger partial charge in [0.2, 0.25) is 0 Å². The molecule has 5 heteroatoms. The van der Waals surface area contributed by atoms with Crippen molar-refractivity contribution in [2.75, 3.05) is 0 Å². The molecule has 28 heavy (non-hydrogen) atoms. The van der Waals surface area contributed by atoms with Crippen LogP contribution in [0.3, 0.4) is 0 Å². The van der Waals surface area contributed by atoms with Crippen LogP contribution < -0.4 is 18.9 Å². The van der Waals surface area contributed by atoms with Crippen molar-refractivity contribution in [2.24, 2.45) is 35.5 Å². The van der Waals surface area contributed by atoms with Crippen molar-refractivity contribution >= 4 is 16.6 Å². The summed E-state index contributed by atoms with van der Waals surface area (Å²) in [5.74, 6) is 4.17. The molecule has 0 N–H and O–H groups in total. The van der Waals surface area contributed by atoms with E-state index in [-0.39, 0.29) is 18.9 Å². The van der Waals surface area contributed by atoms with Crippen LogP contribution in [0.5, 0.6) is 0 Å². The van der Waals surface area contributed by atoms with Gasteiger partial charge in [0.25, 0.3) is 0 Å². The molecule has 0 radical (unpaired) electrons. The van der Waals surface area contributed by atoms with Gasteiger partial charge in [0.1, 0.15) is 0 Å². The van der Waals surface area contributed by atoms with Gasteiger partial charge in [-0.1, -0.05) is 41.5 Å². The van der Waals surface area contributed by atoms with E-state index in [4.69, 9.17) is 8.85 Å². The molecule has 0 bridgehead atoms. The maximum atomic E-state index is 6.93. The molecule has 1 fully saturated rings. The Bertz CT molecular complexity index is 405. The van der Waals surface area contributed by atoms with Gasteiger partial charge < -0.3 is 8.85 Å². The topological polar surface area (TPSA) is 18.5 Å². The van der Waals surface area contributed by atoms with E-state index in [0.717, 1.165) is 11.8 Å². The monoisotopic (exact) mass is 421 g/mol. The predicted molar refractivity (Wildman–Crippen MR) is 125 cm³/mol. The summed E-state index contributed by atoms with van der Waals surface area (Å²) in [4.78, 5) is 0. The van der Waals surface area contributed by atoms with Gasteiger partial charge in [-0.05, 0) is 94.1 Å². The Balaban J connectivity index is 0.00000729. The van der Waals surface area contributed by atoms with Gasteiger partial charge in [0.15, 0.2) is 16.6 Å². The first kappa shape index (κ1) is 29.0. The summed E-state index contributed by atoms with van der Waals surface area (Å²) in [5.41, 5.74) is 0. The molecular weight excluding hydrogens is 371 g/mol. The fourth-order valence-electron chi connectivity index (χ4n) is 5.02. The molecule has 0 spiro atoms. The minimum Gasteiger partial charge on any atom is -0.412 e. The third-order valence-corrected chi connectivity index (χ3v) is 7.44. The van der Waals surface area contributed by atoms with E-state index in [1.165, 1.54) is 19.3 Å². The molecule has 2 nitrogen and oxygen atoms in total. The van der Waals surface area contributed by atoms with Gasteiger partial charge in [-0.25, -0.2) is 0 Å². The summed E-state index contributed by atoms with van der Waals surface area (Å²) in [6.07, 6.45) is 4.43. The third kappa shape index (κ3) is 9.84. The molecule has 0 aromatic rings. The SMILES string of the molecule is CC(C)CC1C(CC(C)C)C(O[Si](C)(C)C)C(O[Si](C)(C)C)C1CC(C)C.[Li+]. The minimum atomic E-state index is -1.64. The van der Waals surface area contributed by atoms with Crippen LogP contribution in [0.1, 0.15) is 60.8 Å². The van der Waals surface area contributed by atoms with Crippen LogP contribution in [0, 0.1) is 35.5 Å². The molecule has 4 atom stereocenters. The zero-order chi connectivity index (χ0) is 21.2. The predicted octanol–water partition coefficient (Wildman–Crippen LogP) is 4.43. The van der Waals surface area contributed by atoms with Crippen LogP contribution in [0.25, 0.3) is 0 Å². The summed E-state index contributed by atoms with van der Waals surface area (Å²) in [7, 11) is -3.27. The van der Waals surface area contributed by atoms with Crippen molar-refractivity contribution in [3.8, 4) is 0 Å². The average molecular weight is 422 g/mol. The average Bonchev–Trinajstić information content (AvgIpc) is 2.61. The second-order valence-electron chi connectivity index (χ2n) is 12.3. The Morgan fingerprint density at radius 3 is 1.00 bits per heavy atom. The molecule has 162 valence electrons. The largest absolute Gasteiger partial charge is 1.00 e. The molecule has 0 heterocycles. The summed E-state index contributed by atoms with van der Waals surface area (Å²) in [6.45, 7) is 28.4. The van der Waals surface area contributed by atoms with Crippen LogP contribution in [-0.2, 0) is 8.85 Å². The quantitative estimate of drug-likeness (QED) is 0.486. The fraction of sp³-hybridized carbons (Fsp3) is 1.00. The molecule has 0 aromatic heterocycles. The molecule has 4 unspecified atom stereocenters. The van der Waals surface area contributed by atoms with Crippen LogP contribution >= 0.6 is 0 Å². The van der Waals surface area contributed by atoms with Crippen molar-refractivity contribution in [1.29, 1.82) is 0 Å². The molecule has 0 aliphatic heterocycles. The zero-order valence-electron chi connectivity index (χ0n) is 21.6. The van der Waals surface area contributed by atoms with E-state index >= 15 is 0 Å². The Morgan fingerprint density at radius 1 is 0.536 bits per heavy atom. The molecular formula is C23H50LiO2Si2+. The maximum absolute atomic E-state index is 6.93. The minimum absolute atomic E-state index is 0. The van der Waals surface area contributed by atoms with E-state index in [1.807, 2.05) is 0 Å². The number of hydrogen-bond acceptors (Lipinski definition) is 2. The normalized spacial score (nSPS) is 29.0. The van der Waals surface area contributed by atoms with Crippen molar-refractivity contribution in [1.82, 2.24) is 0 Å². The van der Waals surface area contributed by atoms with Crippen LogP contribution in [0.15, 0.2) is 0 Å². The van der Waals surface area contributed by atoms with E-state index in [0.29, 0.717) is 35.9 Å². The Labute approximate surface area is 191 Å². The second kappa shape index (κ2) is 11.5. The van der Waals surface area contributed by atoms with Crippen molar-refractivity contribution in [3.63, 3.8) is 0 Å². The van der Waals surface area contributed by atoms with Gasteiger partial charge in [-0.15, -0.1) is 0 Å². The van der Waals surface area contributed by atoms with Crippen LogP contribution in [0.2, 0.25) is 39.3 Å². The van der Waals surface area contributed by atoms with E-state index in [2.05, 4.69) is 80.8 Å². The summed E-state index contributed by atoms with van der Waals surface area (Å²) in [5, 5.41) is 0. The van der Waals surface area contributed by atoms with Gasteiger partial charge in [0.05, 0.1) is 12.2 Å². The standard InChI is InChI=1S/C23H50O2Si2.Li/c1-16(2)13-19-20(14-17(3)4)22(24-26(7,8)9)23(25-27(10,11)12)21(19)15-18(5)6;/h16-23H,13-15H2,1-12H3;/q;+1. The smallest absolute Gasteiger partial charge is 0.412 e. The molecule has 0 amide bonds. The van der Waals surface area contributed by atoms with Crippen LogP contribution in [-0.4, -0.2) is 28.8 Å². The van der Waals surface area contributed by atoms with Crippen molar-refractivity contribution in [3.05, 3.63) is 0 Å². The first-order valence-electron chi connectivity index (χ1n) is 11.5. The van der Waals surface area contributed by atoms with Crippen molar-refractivity contribution < 1.29 is 27.7 Å².